The average Bonchev–Trinajstić information content (AvgIpc) is 3.29. The highest BCUT2D eigenvalue weighted by Crippen LogP contribution is 2.33. The number of pyridine rings is 1. The molecule has 33 heavy (non-hydrogen) atoms. The molecule has 1 fully saturated rings. The standard InChI is InChI=1S/C25H22FN5O2/c1-17-21(7-14-33-17)23-22(18-5-8-27-9-6-18)16-28-25(29-23)31-12-10-30(11-13-31)24(32)19-3-2-4-20(26)15-19/h2-9,14-16H,10-13H2,1H3. The second-order valence-electron chi connectivity index (χ2n) is 7.85. The van der Waals surface area contributed by atoms with Crippen molar-refractivity contribution in [3.05, 3.63) is 84.5 Å². The van der Waals surface area contributed by atoms with Crippen LogP contribution in [0.1, 0.15) is 16.1 Å². The Bertz CT molecular complexity index is 1280. The molecule has 1 aliphatic heterocycles. The molecule has 7 nitrogen and oxygen atoms in total. The van der Waals surface area contributed by atoms with Crippen LogP contribution in [0.3, 0.4) is 0 Å². The van der Waals surface area contributed by atoms with Gasteiger partial charge >= 0.3 is 0 Å². The van der Waals surface area contributed by atoms with Crippen molar-refractivity contribution in [3.8, 4) is 22.4 Å². The molecule has 0 spiro atoms. The molecule has 0 saturated carbocycles. The van der Waals surface area contributed by atoms with Crippen molar-refractivity contribution in [2.45, 2.75) is 6.92 Å². The van der Waals surface area contributed by atoms with Crippen molar-refractivity contribution < 1.29 is 13.6 Å². The number of halogens is 1. The van der Waals surface area contributed by atoms with Crippen LogP contribution in [0.25, 0.3) is 22.4 Å². The fourth-order valence-corrected chi connectivity index (χ4v) is 4.02. The molecule has 4 heterocycles. The summed E-state index contributed by atoms with van der Waals surface area (Å²) in [4.78, 5) is 30.2. The molecule has 5 rings (SSSR count). The highest BCUT2D eigenvalue weighted by atomic mass is 19.1. The minimum atomic E-state index is -0.413. The number of amides is 1. The van der Waals surface area contributed by atoms with Gasteiger partial charge in [-0.05, 0) is 48.9 Å². The van der Waals surface area contributed by atoms with Gasteiger partial charge in [0.25, 0.3) is 5.91 Å². The van der Waals surface area contributed by atoms with Gasteiger partial charge in [-0.15, -0.1) is 0 Å². The van der Waals surface area contributed by atoms with Crippen LogP contribution in [-0.2, 0) is 0 Å². The van der Waals surface area contributed by atoms with Gasteiger partial charge in [-0.1, -0.05) is 6.07 Å². The number of furan rings is 1. The second kappa shape index (κ2) is 8.82. The third-order valence-corrected chi connectivity index (χ3v) is 5.80. The number of hydrogen-bond donors (Lipinski definition) is 0. The van der Waals surface area contributed by atoms with E-state index < -0.39 is 5.82 Å². The molecule has 1 aromatic carbocycles. The van der Waals surface area contributed by atoms with Crippen LogP contribution in [0, 0.1) is 12.7 Å². The topological polar surface area (TPSA) is 75.4 Å². The number of hydrogen-bond acceptors (Lipinski definition) is 6. The van der Waals surface area contributed by atoms with E-state index in [2.05, 4.69) is 14.9 Å². The third-order valence-electron chi connectivity index (χ3n) is 5.80. The van der Waals surface area contributed by atoms with Crippen LogP contribution in [0.2, 0.25) is 0 Å². The average molecular weight is 443 g/mol. The second-order valence-corrected chi connectivity index (χ2v) is 7.85. The summed E-state index contributed by atoms with van der Waals surface area (Å²) in [5.41, 5.74) is 3.92. The number of aromatic nitrogens is 3. The molecular weight excluding hydrogens is 421 g/mol. The van der Waals surface area contributed by atoms with E-state index in [1.165, 1.54) is 12.1 Å². The van der Waals surface area contributed by atoms with Gasteiger partial charge in [0.2, 0.25) is 5.95 Å². The summed E-state index contributed by atoms with van der Waals surface area (Å²) in [7, 11) is 0. The Kier molecular flexibility index (Phi) is 5.56. The first-order valence-electron chi connectivity index (χ1n) is 10.7. The van der Waals surface area contributed by atoms with Crippen molar-refractivity contribution in [2.24, 2.45) is 0 Å². The Hall–Kier alpha value is -4.07. The zero-order valence-corrected chi connectivity index (χ0v) is 18.1. The number of nitrogens with zero attached hydrogens (tertiary/aromatic N) is 5. The minimum absolute atomic E-state index is 0.169. The first-order valence-corrected chi connectivity index (χ1v) is 10.7. The highest BCUT2D eigenvalue weighted by Gasteiger charge is 2.25. The molecule has 0 aliphatic carbocycles. The van der Waals surface area contributed by atoms with Crippen LogP contribution in [0.5, 0.6) is 0 Å². The van der Waals surface area contributed by atoms with E-state index in [0.29, 0.717) is 37.7 Å². The third kappa shape index (κ3) is 4.19. The number of rotatable bonds is 4. The monoisotopic (exact) mass is 443 g/mol. The molecule has 0 N–H and O–H groups in total. The van der Waals surface area contributed by atoms with Gasteiger partial charge in [-0.2, -0.15) is 0 Å². The Labute approximate surface area is 190 Å². The largest absolute Gasteiger partial charge is 0.469 e. The van der Waals surface area contributed by atoms with Crippen molar-refractivity contribution in [3.63, 3.8) is 0 Å². The van der Waals surface area contributed by atoms with Crippen LogP contribution < -0.4 is 4.90 Å². The van der Waals surface area contributed by atoms with Gasteiger partial charge in [0.05, 0.1) is 12.0 Å². The maximum atomic E-state index is 13.5. The summed E-state index contributed by atoms with van der Waals surface area (Å²) in [6.45, 7) is 4.08. The first-order chi connectivity index (χ1) is 16.1. The molecule has 8 heteroatoms. The molecule has 0 atom stereocenters. The normalized spacial score (nSPS) is 13.9. The van der Waals surface area contributed by atoms with Gasteiger partial charge in [-0.3, -0.25) is 9.78 Å². The highest BCUT2D eigenvalue weighted by molar-refractivity contribution is 5.94. The molecule has 3 aromatic heterocycles. The summed E-state index contributed by atoms with van der Waals surface area (Å²) in [5, 5.41) is 0. The van der Waals surface area contributed by atoms with E-state index in [-0.39, 0.29) is 5.91 Å². The zero-order chi connectivity index (χ0) is 22.8. The Balaban J connectivity index is 1.39. The fourth-order valence-electron chi connectivity index (χ4n) is 4.02. The van der Waals surface area contributed by atoms with E-state index >= 15 is 0 Å². The molecular formula is C25H22FN5O2. The number of piperazine rings is 1. The molecule has 4 aromatic rings. The SMILES string of the molecule is Cc1occc1-c1nc(N2CCN(C(=O)c3cccc(F)c3)CC2)ncc1-c1ccncc1. The quantitative estimate of drug-likeness (QED) is 0.470. The Morgan fingerprint density at radius 1 is 1.03 bits per heavy atom. The van der Waals surface area contributed by atoms with E-state index in [0.717, 1.165) is 28.1 Å². The fraction of sp³-hybridized carbons (Fsp3) is 0.200. The maximum absolute atomic E-state index is 13.5. The van der Waals surface area contributed by atoms with Crippen LogP contribution in [-0.4, -0.2) is 51.9 Å². The molecule has 1 amide bonds. The van der Waals surface area contributed by atoms with Crippen molar-refractivity contribution >= 4 is 11.9 Å². The lowest BCUT2D eigenvalue weighted by Gasteiger charge is -2.35. The number of aryl methyl sites for hydroxylation is 1. The predicted octanol–water partition coefficient (Wildman–Crippen LogP) is 4.21. The Morgan fingerprint density at radius 3 is 2.52 bits per heavy atom. The Morgan fingerprint density at radius 2 is 1.82 bits per heavy atom. The number of benzene rings is 1. The van der Waals surface area contributed by atoms with Crippen molar-refractivity contribution in [2.75, 3.05) is 31.1 Å². The van der Waals surface area contributed by atoms with Gasteiger partial charge in [-0.25, -0.2) is 14.4 Å². The zero-order valence-electron chi connectivity index (χ0n) is 18.1. The lowest BCUT2D eigenvalue weighted by atomic mass is 10.0. The van der Waals surface area contributed by atoms with Gasteiger partial charge in [0.15, 0.2) is 0 Å². The molecule has 1 aliphatic rings. The van der Waals surface area contributed by atoms with Crippen LogP contribution in [0.4, 0.5) is 10.3 Å². The predicted molar refractivity (Wildman–Crippen MR) is 122 cm³/mol. The number of carbonyl (C=O) groups excluding carboxylic acids is 1. The smallest absolute Gasteiger partial charge is 0.254 e. The number of carbonyl (C=O) groups is 1. The van der Waals surface area contributed by atoms with Crippen LogP contribution >= 0.6 is 0 Å². The lowest BCUT2D eigenvalue weighted by Crippen LogP contribution is -2.49. The van der Waals surface area contributed by atoms with Gasteiger partial charge < -0.3 is 14.2 Å². The van der Waals surface area contributed by atoms with E-state index in [4.69, 9.17) is 9.40 Å². The van der Waals surface area contributed by atoms with E-state index in [1.807, 2.05) is 31.3 Å². The molecule has 0 unspecified atom stereocenters. The number of anilines is 1. The van der Waals surface area contributed by atoms with Gasteiger partial charge in [0, 0.05) is 61.5 Å². The molecule has 0 bridgehead atoms. The molecule has 166 valence electrons. The summed E-state index contributed by atoms with van der Waals surface area (Å²) >= 11 is 0. The minimum Gasteiger partial charge on any atom is -0.469 e. The van der Waals surface area contributed by atoms with E-state index in [9.17, 15) is 9.18 Å². The van der Waals surface area contributed by atoms with Crippen molar-refractivity contribution in [1.82, 2.24) is 19.9 Å². The maximum Gasteiger partial charge on any atom is 0.254 e. The summed E-state index contributed by atoms with van der Waals surface area (Å²) in [5.74, 6) is 0.795. The van der Waals surface area contributed by atoms with Crippen molar-refractivity contribution in [1.29, 1.82) is 0 Å². The lowest BCUT2D eigenvalue weighted by molar-refractivity contribution is 0.0745. The summed E-state index contributed by atoms with van der Waals surface area (Å²) in [6.07, 6.45) is 6.96. The van der Waals surface area contributed by atoms with E-state index in [1.54, 1.807) is 35.7 Å². The summed E-state index contributed by atoms with van der Waals surface area (Å²) < 4.78 is 19.0. The van der Waals surface area contributed by atoms with Crippen LogP contribution in [0.15, 0.2) is 71.7 Å². The molecule has 0 radical (unpaired) electrons. The molecule has 1 saturated heterocycles. The summed E-state index contributed by atoms with van der Waals surface area (Å²) in [6, 6.07) is 11.6. The van der Waals surface area contributed by atoms with Gasteiger partial charge in [0.1, 0.15) is 11.6 Å². The first kappa shape index (κ1) is 20.8.